The van der Waals surface area contributed by atoms with Crippen LogP contribution < -0.4 is 4.74 Å². The maximum absolute atomic E-state index is 10.8. The Bertz CT molecular complexity index is 1270. The molecule has 31 heavy (non-hydrogen) atoms. The number of aliphatic hydroxyl groups is 1. The SMILES string of the molecule is O=[N+]([O-])c1ccc(CCOc2ncnc3sc4c(c23)CCc2c-4cnn2CCO)cc1. The van der Waals surface area contributed by atoms with E-state index in [2.05, 4.69) is 15.1 Å². The standard InChI is InChI=1S/C21H19N5O4S/c27-9-8-25-17-6-5-15-18-20(22-12-23-21(18)31-19(15)16(17)11-24-25)30-10-7-13-1-3-14(4-2-13)26(28)29/h1-4,11-12,27H,5-10H2. The highest BCUT2D eigenvalue weighted by Gasteiger charge is 2.27. The zero-order valence-electron chi connectivity index (χ0n) is 16.5. The molecule has 0 saturated carbocycles. The summed E-state index contributed by atoms with van der Waals surface area (Å²) in [6.45, 7) is 0.965. The van der Waals surface area contributed by atoms with Crippen LogP contribution in [0.15, 0.2) is 36.8 Å². The van der Waals surface area contributed by atoms with E-state index in [9.17, 15) is 15.2 Å². The largest absolute Gasteiger partial charge is 0.477 e. The molecule has 0 unspecified atom stereocenters. The molecule has 0 radical (unpaired) electrons. The Hall–Kier alpha value is -3.37. The second-order valence-electron chi connectivity index (χ2n) is 7.24. The van der Waals surface area contributed by atoms with E-state index in [4.69, 9.17) is 4.74 Å². The van der Waals surface area contributed by atoms with Crippen LogP contribution in [0.25, 0.3) is 20.7 Å². The van der Waals surface area contributed by atoms with Gasteiger partial charge in [-0.15, -0.1) is 11.3 Å². The maximum Gasteiger partial charge on any atom is 0.269 e. The molecule has 0 bridgehead atoms. The lowest BCUT2D eigenvalue weighted by atomic mass is 9.95. The number of aryl methyl sites for hydroxylation is 1. The monoisotopic (exact) mass is 437 g/mol. The van der Waals surface area contributed by atoms with Gasteiger partial charge in [0.05, 0.1) is 36.3 Å². The number of benzene rings is 1. The Labute approximate surface area is 181 Å². The van der Waals surface area contributed by atoms with Crippen molar-refractivity contribution in [2.75, 3.05) is 13.2 Å². The van der Waals surface area contributed by atoms with Crippen molar-refractivity contribution < 1.29 is 14.8 Å². The van der Waals surface area contributed by atoms with Gasteiger partial charge in [-0.2, -0.15) is 5.10 Å². The third-order valence-electron chi connectivity index (χ3n) is 5.45. The molecule has 1 aromatic carbocycles. The summed E-state index contributed by atoms with van der Waals surface area (Å²) in [6.07, 6.45) is 5.67. The number of rotatable bonds is 7. The summed E-state index contributed by atoms with van der Waals surface area (Å²) in [5.74, 6) is 0.565. The van der Waals surface area contributed by atoms with E-state index in [-0.39, 0.29) is 12.3 Å². The molecule has 4 aromatic rings. The lowest BCUT2D eigenvalue weighted by molar-refractivity contribution is -0.384. The van der Waals surface area contributed by atoms with Gasteiger partial charge in [-0.05, 0) is 24.0 Å². The molecular formula is C21H19N5O4S. The molecule has 5 rings (SSSR count). The number of hydrogen-bond donors (Lipinski definition) is 1. The second kappa shape index (κ2) is 8.05. The number of ether oxygens (including phenoxy) is 1. The van der Waals surface area contributed by atoms with Crippen molar-refractivity contribution in [2.24, 2.45) is 0 Å². The van der Waals surface area contributed by atoms with Crippen LogP contribution in [-0.4, -0.2) is 43.0 Å². The van der Waals surface area contributed by atoms with Gasteiger partial charge in [0.1, 0.15) is 11.2 Å². The highest BCUT2D eigenvalue weighted by molar-refractivity contribution is 7.22. The molecule has 0 spiro atoms. The van der Waals surface area contributed by atoms with Crippen LogP contribution in [0.5, 0.6) is 5.88 Å². The summed E-state index contributed by atoms with van der Waals surface area (Å²) in [7, 11) is 0. The van der Waals surface area contributed by atoms with E-state index in [0.717, 1.165) is 44.8 Å². The highest BCUT2D eigenvalue weighted by Crippen LogP contribution is 2.45. The fourth-order valence-electron chi connectivity index (χ4n) is 3.97. The number of non-ortho nitro benzene ring substituents is 1. The number of fused-ring (bicyclic) bond motifs is 5. The van der Waals surface area contributed by atoms with Crippen molar-refractivity contribution in [3.8, 4) is 16.3 Å². The van der Waals surface area contributed by atoms with Gasteiger partial charge in [0, 0.05) is 34.7 Å². The summed E-state index contributed by atoms with van der Waals surface area (Å²) < 4.78 is 7.90. The Morgan fingerprint density at radius 2 is 2.06 bits per heavy atom. The first-order chi connectivity index (χ1) is 15.2. The zero-order valence-corrected chi connectivity index (χ0v) is 17.3. The van der Waals surface area contributed by atoms with Crippen LogP contribution in [0.3, 0.4) is 0 Å². The Morgan fingerprint density at radius 3 is 2.84 bits per heavy atom. The third kappa shape index (κ3) is 3.53. The minimum absolute atomic E-state index is 0.0611. The second-order valence-corrected chi connectivity index (χ2v) is 8.24. The summed E-state index contributed by atoms with van der Waals surface area (Å²) in [5.41, 5.74) is 4.45. The summed E-state index contributed by atoms with van der Waals surface area (Å²) >= 11 is 1.61. The minimum Gasteiger partial charge on any atom is -0.477 e. The van der Waals surface area contributed by atoms with Crippen molar-refractivity contribution in [1.29, 1.82) is 0 Å². The lowest BCUT2D eigenvalue weighted by Crippen LogP contribution is -2.11. The molecule has 9 nitrogen and oxygen atoms in total. The lowest BCUT2D eigenvalue weighted by Gasteiger charge is -2.15. The van der Waals surface area contributed by atoms with Gasteiger partial charge in [0.25, 0.3) is 5.69 Å². The van der Waals surface area contributed by atoms with E-state index in [1.165, 1.54) is 24.0 Å². The number of nitro benzene ring substituents is 1. The molecule has 3 heterocycles. The first kappa shape index (κ1) is 19.6. The van der Waals surface area contributed by atoms with Crippen LogP contribution in [0, 0.1) is 10.1 Å². The van der Waals surface area contributed by atoms with Crippen molar-refractivity contribution in [3.63, 3.8) is 0 Å². The van der Waals surface area contributed by atoms with E-state index >= 15 is 0 Å². The zero-order chi connectivity index (χ0) is 21.4. The van der Waals surface area contributed by atoms with Crippen LogP contribution in [0.1, 0.15) is 16.8 Å². The first-order valence-electron chi connectivity index (χ1n) is 9.94. The average molecular weight is 437 g/mol. The van der Waals surface area contributed by atoms with Gasteiger partial charge < -0.3 is 9.84 Å². The molecule has 1 aliphatic carbocycles. The molecule has 1 aliphatic rings. The number of thiophene rings is 1. The number of nitro groups is 1. The van der Waals surface area contributed by atoms with Gasteiger partial charge in [-0.1, -0.05) is 12.1 Å². The fraction of sp³-hybridized carbons (Fsp3) is 0.286. The van der Waals surface area contributed by atoms with Crippen LogP contribution in [0.4, 0.5) is 5.69 Å². The fourth-order valence-corrected chi connectivity index (χ4v) is 5.19. The van der Waals surface area contributed by atoms with Crippen molar-refractivity contribution in [2.45, 2.75) is 25.8 Å². The number of nitrogens with zero attached hydrogens (tertiary/aromatic N) is 5. The van der Waals surface area contributed by atoms with E-state index in [0.29, 0.717) is 25.5 Å². The molecular weight excluding hydrogens is 418 g/mol. The minimum atomic E-state index is -0.406. The Kier molecular flexibility index (Phi) is 5.08. The highest BCUT2D eigenvalue weighted by atomic mass is 32.1. The topological polar surface area (TPSA) is 116 Å². The van der Waals surface area contributed by atoms with Gasteiger partial charge in [0.15, 0.2) is 0 Å². The van der Waals surface area contributed by atoms with E-state index in [1.54, 1.807) is 23.5 Å². The van der Waals surface area contributed by atoms with Crippen LogP contribution >= 0.6 is 11.3 Å². The summed E-state index contributed by atoms with van der Waals surface area (Å²) in [4.78, 5) is 21.2. The molecule has 0 amide bonds. The van der Waals surface area contributed by atoms with Gasteiger partial charge in [0.2, 0.25) is 5.88 Å². The Balaban J connectivity index is 1.39. The predicted molar refractivity (Wildman–Crippen MR) is 115 cm³/mol. The quantitative estimate of drug-likeness (QED) is 0.349. The smallest absolute Gasteiger partial charge is 0.269 e. The molecule has 0 fully saturated rings. The average Bonchev–Trinajstić information content (AvgIpc) is 3.36. The van der Waals surface area contributed by atoms with E-state index in [1.807, 2.05) is 10.9 Å². The van der Waals surface area contributed by atoms with Crippen LogP contribution in [-0.2, 0) is 25.8 Å². The van der Waals surface area contributed by atoms with Crippen molar-refractivity contribution in [3.05, 3.63) is 63.7 Å². The van der Waals surface area contributed by atoms with Gasteiger partial charge in [-0.3, -0.25) is 14.8 Å². The van der Waals surface area contributed by atoms with Gasteiger partial charge in [-0.25, -0.2) is 9.97 Å². The first-order valence-corrected chi connectivity index (χ1v) is 10.8. The maximum atomic E-state index is 10.8. The van der Waals surface area contributed by atoms with Gasteiger partial charge >= 0.3 is 0 Å². The molecule has 0 atom stereocenters. The molecule has 3 aromatic heterocycles. The molecule has 0 aliphatic heterocycles. The molecule has 0 saturated heterocycles. The molecule has 10 heteroatoms. The number of aromatic nitrogens is 4. The summed E-state index contributed by atoms with van der Waals surface area (Å²) in [5, 5.41) is 25.4. The summed E-state index contributed by atoms with van der Waals surface area (Å²) in [6, 6.07) is 6.49. The van der Waals surface area contributed by atoms with Crippen LogP contribution in [0.2, 0.25) is 0 Å². The normalized spacial score (nSPS) is 12.5. The predicted octanol–water partition coefficient (Wildman–Crippen LogP) is 3.18. The molecule has 158 valence electrons. The van der Waals surface area contributed by atoms with E-state index < -0.39 is 4.92 Å². The van der Waals surface area contributed by atoms with Crippen molar-refractivity contribution >= 4 is 27.2 Å². The van der Waals surface area contributed by atoms with Crippen molar-refractivity contribution in [1.82, 2.24) is 19.7 Å². The third-order valence-corrected chi connectivity index (χ3v) is 6.62. The number of aliphatic hydroxyl groups excluding tert-OH is 1. The number of hydrogen-bond acceptors (Lipinski definition) is 8. The molecule has 1 N–H and O–H groups in total. The Morgan fingerprint density at radius 1 is 1.23 bits per heavy atom.